The first-order valence-electron chi connectivity index (χ1n) is 9.05. The van der Waals surface area contributed by atoms with Gasteiger partial charge in [-0.15, -0.1) is 0 Å². The summed E-state index contributed by atoms with van der Waals surface area (Å²) >= 11 is 0. The number of benzene rings is 2. The monoisotopic (exact) mass is 374 g/mol. The molecule has 0 saturated heterocycles. The number of hydrogen-bond donors (Lipinski definition) is 1. The SMILES string of the molecule is C[C@H]1C/C(=C\c2ccccc2[N+](=O)[O-])c2nc3ccccc3c(C(=O)O)c2C1. The first-order valence-corrected chi connectivity index (χ1v) is 9.05. The van der Waals surface area contributed by atoms with Crippen LogP contribution in [-0.4, -0.2) is 21.0 Å². The van der Waals surface area contributed by atoms with E-state index in [1.54, 1.807) is 42.5 Å². The molecule has 3 aromatic rings. The highest BCUT2D eigenvalue weighted by Gasteiger charge is 2.28. The van der Waals surface area contributed by atoms with E-state index in [1.807, 2.05) is 6.07 Å². The van der Waals surface area contributed by atoms with E-state index < -0.39 is 10.9 Å². The van der Waals surface area contributed by atoms with E-state index in [0.29, 0.717) is 40.6 Å². The maximum atomic E-state index is 12.1. The molecule has 6 heteroatoms. The Hall–Kier alpha value is -3.54. The summed E-state index contributed by atoms with van der Waals surface area (Å²) < 4.78 is 0. The molecule has 140 valence electrons. The zero-order valence-corrected chi connectivity index (χ0v) is 15.3. The minimum atomic E-state index is -0.978. The van der Waals surface area contributed by atoms with Gasteiger partial charge in [-0.3, -0.25) is 10.1 Å². The average molecular weight is 374 g/mol. The molecule has 1 aromatic heterocycles. The van der Waals surface area contributed by atoms with Gasteiger partial charge in [0.2, 0.25) is 0 Å². The van der Waals surface area contributed by atoms with E-state index in [0.717, 1.165) is 5.57 Å². The number of allylic oxidation sites excluding steroid dienone is 1. The highest BCUT2D eigenvalue weighted by molar-refractivity contribution is 6.06. The van der Waals surface area contributed by atoms with Gasteiger partial charge in [-0.2, -0.15) is 0 Å². The van der Waals surface area contributed by atoms with Crippen LogP contribution in [0.1, 0.15) is 40.5 Å². The van der Waals surface area contributed by atoms with E-state index in [4.69, 9.17) is 4.98 Å². The maximum Gasteiger partial charge on any atom is 0.336 e. The third-order valence-corrected chi connectivity index (χ3v) is 5.10. The van der Waals surface area contributed by atoms with Crippen LogP contribution in [0.3, 0.4) is 0 Å². The molecule has 0 saturated carbocycles. The van der Waals surface area contributed by atoms with Crippen molar-refractivity contribution in [2.75, 3.05) is 0 Å². The molecule has 0 unspecified atom stereocenters. The molecule has 0 spiro atoms. The minimum absolute atomic E-state index is 0.0222. The standard InChI is InChI=1S/C22H18N2O4/c1-13-10-15(12-14-6-2-5-9-19(14)24(27)28)21-17(11-13)20(22(25)26)16-7-3-4-8-18(16)23-21/h2-9,12-13H,10-11H2,1H3,(H,25,26)/b15-12+/t13-/m0/s1. The van der Waals surface area contributed by atoms with Gasteiger partial charge in [0.15, 0.2) is 0 Å². The summed E-state index contributed by atoms with van der Waals surface area (Å²) in [5, 5.41) is 21.9. The molecule has 28 heavy (non-hydrogen) atoms. The molecule has 0 radical (unpaired) electrons. The number of pyridine rings is 1. The Bertz CT molecular complexity index is 1150. The van der Waals surface area contributed by atoms with E-state index in [9.17, 15) is 20.0 Å². The first kappa shape index (κ1) is 17.9. The largest absolute Gasteiger partial charge is 0.478 e. The van der Waals surface area contributed by atoms with Crippen molar-refractivity contribution in [2.45, 2.75) is 19.8 Å². The molecule has 1 N–H and O–H groups in total. The van der Waals surface area contributed by atoms with Crippen LogP contribution in [0.15, 0.2) is 48.5 Å². The number of nitro groups is 1. The zero-order valence-electron chi connectivity index (χ0n) is 15.3. The topological polar surface area (TPSA) is 93.3 Å². The Morgan fingerprint density at radius 2 is 1.89 bits per heavy atom. The molecular weight excluding hydrogens is 356 g/mol. The smallest absolute Gasteiger partial charge is 0.336 e. The number of aromatic carboxylic acids is 1. The molecule has 0 amide bonds. The predicted molar refractivity (Wildman–Crippen MR) is 107 cm³/mol. The molecule has 4 rings (SSSR count). The lowest BCUT2D eigenvalue weighted by molar-refractivity contribution is -0.385. The van der Waals surface area contributed by atoms with Gasteiger partial charge in [0.25, 0.3) is 5.69 Å². The van der Waals surface area contributed by atoms with Gasteiger partial charge in [-0.05, 0) is 48.1 Å². The van der Waals surface area contributed by atoms with Crippen molar-refractivity contribution in [2.24, 2.45) is 5.92 Å². The molecule has 1 aliphatic rings. The lowest BCUT2D eigenvalue weighted by Gasteiger charge is -2.26. The quantitative estimate of drug-likeness (QED) is 0.516. The third-order valence-electron chi connectivity index (χ3n) is 5.10. The number of rotatable bonds is 3. The molecule has 0 bridgehead atoms. The molecule has 6 nitrogen and oxygen atoms in total. The van der Waals surface area contributed by atoms with Crippen molar-refractivity contribution in [1.82, 2.24) is 4.98 Å². The number of fused-ring (bicyclic) bond motifs is 2. The lowest BCUT2D eigenvalue weighted by atomic mass is 9.80. The summed E-state index contributed by atoms with van der Waals surface area (Å²) in [6, 6.07) is 13.7. The van der Waals surface area contributed by atoms with Crippen molar-refractivity contribution in [3.63, 3.8) is 0 Å². The number of aromatic nitrogens is 1. The van der Waals surface area contributed by atoms with Crippen molar-refractivity contribution in [3.8, 4) is 0 Å². The second-order valence-electron chi connectivity index (χ2n) is 7.14. The summed E-state index contributed by atoms with van der Waals surface area (Å²) in [5.74, 6) is -0.767. The molecule has 2 aromatic carbocycles. The summed E-state index contributed by atoms with van der Waals surface area (Å²) in [6.07, 6.45) is 3.08. The number of hydrogen-bond acceptors (Lipinski definition) is 4. The van der Waals surface area contributed by atoms with Gasteiger partial charge in [0, 0.05) is 11.5 Å². The van der Waals surface area contributed by atoms with Crippen LogP contribution in [0.5, 0.6) is 0 Å². The van der Waals surface area contributed by atoms with Gasteiger partial charge in [-0.1, -0.05) is 37.3 Å². The third kappa shape index (κ3) is 3.03. The van der Waals surface area contributed by atoms with Crippen molar-refractivity contribution in [1.29, 1.82) is 0 Å². The normalized spacial score (nSPS) is 17.5. The Morgan fingerprint density at radius 1 is 1.18 bits per heavy atom. The molecule has 1 heterocycles. The summed E-state index contributed by atoms with van der Waals surface area (Å²) in [4.78, 5) is 27.8. The van der Waals surface area contributed by atoms with Crippen LogP contribution in [-0.2, 0) is 6.42 Å². The minimum Gasteiger partial charge on any atom is -0.478 e. The van der Waals surface area contributed by atoms with Crippen LogP contribution in [0, 0.1) is 16.0 Å². The number of carboxylic acid groups (broad SMARTS) is 1. The van der Waals surface area contributed by atoms with Gasteiger partial charge >= 0.3 is 5.97 Å². The molecule has 1 aliphatic carbocycles. The fourth-order valence-corrected chi connectivity index (χ4v) is 3.94. The Kier molecular flexibility index (Phi) is 4.39. The molecular formula is C22H18N2O4. The van der Waals surface area contributed by atoms with E-state index in [1.165, 1.54) is 6.07 Å². The number of carboxylic acids is 1. The van der Waals surface area contributed by atoms with Crippen molar-refractivity contribution < 1.29 is 14.8 Å². The first-order chi connectivity index (χ1) is 13.5. The predicted octanol–water partition coefficient (Wildman–Crippen LogP) is 4.96. The molecule has 1 atom stereocenters. The van der Waals surface area contributed by atoms with Crippen molar-refractivity contribution in [3.05, 3.63) is 81.0 Å². The highest BCUT2D eigenvalue weighted by Crippen LogP contribution is 2.39. The fraction of sp³-hybridized carbons (Fsp3) is 0.182. The summed E-state index contributed by atoms with van der Waals surface area (Å²) in [5.41, 5.74) is 3.57. The zero-order chi connectivity index (χ0) is 19.8. The van der Waals surface area contributed by atoms with Gasteiger partial charge < -0.3 is 5.11 Å². The molecule has 0 fully saturated rings. The Morgan fingerprint density at radius 3 is 2.64 bits per heavy atom. The number of para-hydroxylation sites is 2. The van der Waals surface area contributed by atoms with E-state index in [2.05, 4.69) is 6.92 Å². The second kappa shape index (κ2) is 6.88. The Labute approximate surface area is 161 Å². The summed E-state index contributed by atoms with van der Waals surface area (Å²) in [6.45, 7) is 2.05. The second-order valence-corrected chi connectivity index (χ2v) is 7.14. The van der Waals surface area contributed by atoms with E-state index in [-0.39, 0.29) is 17.2 Å². The lowest BCUT2D eigenvalue weighted by Crippen LogP contribution is -2.17. The van der Waals surface area contributed by atoms with Gasteiger partial charge in [-0.25, -0.2) is 9.78 Å². The summed E-state index contributed by atoms with van der Waals surface area (Å²) in [7, 11) is 0. The number of carbonyl (C=O) groups is 1. The molecule has 0 aliphatic heterocycles. The average Bonchev–Trinajstić information content (AvgIpc) is 2.66. The highest BCUT2D eigenvalue weighted by atomic mass is 16.6. The van der Waals surface area contributed by atoms with Crippen LogP contribution in [0.2, 0.25) is 0 Å². The Balaban J connectivity index is 2.00. The van der Waals surface area contributed by atoms with Gasteiger partial charge in [0.05, 0.1) is 27.3 Å². The number of nitro benzene ring substituents is 1. The maximum absolute atomic E-state index is 12.1. The fourth-order valence-electron chi connectivity index (χ4n) is 3.94. The number of nitrogens with zero attached hydrogens (tertiary/aromatic N) is 2. The van der Waals surface area contributed by atoms with E-state index >= 15 is 0 Å². The van der Waals surface area contributed by atoms with Crippen LogP contribution < -0.4 is 0 Å². The van der Waals surface area contributed by atoms with Crippen LogP contribution >= 0.6 is 0 Å². The van der Waals surface area contributed by atoms with Gasteiger partial charge in [0.1, 0.15) is 0 Å². The van der Waals surface area contributed by atoms with Crippen molar-refractivity contribution >= 4 is 34.2 Å². The van der Waals surface area contributed by atoms with Crippen LogP contribution in [0.25, 0.3) is 22.6 Å². The van der Waals surface area contributed by atoms with Crippen LogP contribution in [0.4, 0.5) is 5.69 Å².